The molecule has 0 spiro atoms. The molecule has 0 saturated heterocycles. The van der Waals surface area contributed by atoms with Crippen LogP contribution in [0.5, 0.6) is 5.75 Å². The maximum absolute atomic E-state index is 13.4. The standard InChI is InChI=1S/C31H30N4O3S.C3H5F3.C2H6/c1-20-16-34-28(30(29(20)36)38-17-21-10-5-4-6-11-21)31(37)32-19-35(34)27-23-13-7-8-15-25(23)39-18-22-12-9-14-24(26(22)27)33(2)3;1-2-3(4,5)6;1-2/h4-16,27H,17-19H2,1-3H3,(H,32,37);2H2,1H3;1-2H3/t27-;;/m1../s1. The summed E-state index contributed by atoms with van der Waals surface area (Å²) in [6, 6.07) is 24.3. The Morgan fingerprint density at radius 2 is 1.64 bits per heavy atom. The second-order valence-electron chi connectivity index (χ2n) is 11.0. The third-order valence-corrected chi connectivity index (χ3v) is 8.81. The Kier molecular flexibility index (Phi) is 11.7. The number of fused-ring (bicyclic) bond motifs is 3. The van der Waals surface area contributed by atoms with Gasteiger partial charge in [-0.1, -0.05) is 81.4 Å². The van der Waals surface area contributed by atoms with Gasteiger partial charge in [-0.05, 0) is 35.7 Å². The van der Waals surface area contributed by atoms with Crippen LogP contribution >= 0.6 is 11.8 Å². The van der Waals surface area contributed by atoms with Gasteiger partial charge in [-0.25, -0.2) is 0 Å². The van der Waals surface area contributed by atoms with E-state index in [2.05, 4.69) is 71.8 Å². The Balaban J connectivity index is 0.000000564. The predicted molar refractivity (Wildman–Crippen MR) is 183 cm³/mol. The molecule has 4 aromatic rings. The van der Waals surface area contributed by atoms with E-state index in [0.29, 0.717) is 5.56 Å². The van der Waals surface area contributed by atoms with Crippen LogP contribution in [0.4, 0.5) is 18.9 Å². The highest BCUT2D eigenvalue weighted by atomic mass is 32.2. The van der Waals surface area contributed by atoms with Crippen molar-refractivity contribution in [3.63, 3.8) is 0 Å². The lowest BCUT2D eigenvalue weighted by atomic mass is 9.92. The topological polar surface area (TPSA) is 66.8 Å². The highest BCUT2D eigenvalue weighted by Crippen LogP contribution is 2.45. The van der Waals surface area contributed by atoms with Crippen molar-refractivity contribution < 1.29 is 22.7 Å². The molecule has 1 amide bonds. The lowest BCUT2D eigenvalue weighted by Gasteiger charge is -2.41. The zero-order chi connectivity index (χ0) is 34.3. The summed E-state index contributed by atoms with van der Waals surface area (Å²) in [5.41, 5.74) is 6.07. The molecule has 1 aromatic heterocycles. The minimum Gasteiger partial charge on any atom is -0.482 e. The van der Waals surface area contributed by atoms with Crippen molar-refractivity contribution in [2.24, 2.45) is 0 Å². The lowest BCUT2D eigenvalue weighted by Crippen LogP contribution is -2.54. The summed E-state index contributed by atoms with van der Waals surface area (Å²) in [5, 5.41) is 5.16. The minimum atomic E-state index is -3.96. The summed E-state index contributed by atoms with van der Waals surface area (Å²) < 4.78 is 40.3. The van der Waals surface area contributed by atoms with Gasteiger partial charge in [0, 0.05) is 54.2 Å². The summed E-state index contributed by atoms with van der Waals surface area (Å²) in [4.78, 5) is 30.0. The van der Waals surface area contributed by atoms with Crippen molar-refractivity contribution in [1.29, 1.82) is 0 Å². The molecule has 0 saturated carbocycles. The van der Waals surface area contributed by atoms with Crippen molar-refractivity contribution in [2.45, 2.75) is 63.6 Å². The molecule has 3 aromatic carbocycles. The first-order valence-electron chi connectivity index (χ1n) is 15.6. The summed E-state index contributed by atoms with van der Waals surface area (Å²) in [6.07, 6.45) is -2.92. The van der Waals surface area contributed by atoms with Gasteiger partial charge in [0.25, 0.3) is 5.91 Å². The number of aryl methyl sites for hydroxylation is 1. The molecule has 3 heterocycles. The van der Waals surface area contributed by atoms with Gasteiger partial charge in [-0.15, -0.1) is 11.8 Å². The number of anilines is 1. The van der Waals surface area contributed by atoms with Gasteiger partial charge in [-0.3, -0.25) is 19.3 Å². The van der Waals surface area contributed by atoms with Crippen LogP contribution in [0, 0.1) is 6.92 Å². The van der Waals surface area contributed by atoms with E-state index in [1.807, 2.05) is 60.6 Å². The zero-order valence-electron chi connectivity index (χ0n) is 27.5. The fraction of sp³-hybridized carbons (Fsp3) is 0.333. The Hall–Kier alpha value is -4.38. The van der Waals surface area contributed by atoms with Crippen LogP contribution in [0.25, 0.3) is 0 Å². The third kappa shape index (κ3) is 7.96. The van der Waals surface area contributed by atoms with Gasteiger partial charge in [0.1, 0.15) is 19.3 Å². The largest absolute Gasteiger partial charge is 0.482 e. The SMILES string of the molecule is CC.CCC(F)(F)F.Cc1cn2c(c(OCc3ccccc3)c1=O)C(=O)NCN2[C@@H]1c2ccccc2SCc2cccc(N(C)C)c21. The number of benzene rings is 3. The van der Waals surface area contributed by atoms with E-state index in [1.165, 1.54) is 16.0 Å². The summed E-state index contributed by atoms with van der Waals surface area (Å²) in [5.74, 6) is 0.578. The number of rotatable bonds is 5. The maximum Gasteiger partial charge on any atom is 0.388 e. The van der Waals surface area contributed by atoms with Crippen LogP contribution in [-0.2, 0) is 12.4 Å². The second kappa shape index (κ2) is 15.5. The van der Waals surface area contributed by atoms with Crippen molar-refractivity contribution in [1.82, 2.24) is 9.99 Å². The van der Waals surface area contributed by atoms with E-state index in [-0.39, 0.29) is 42.1 Å². The maximum atomic E-state index is 13.4. The summed E-state index contributed by atoms with van der Waals surface area (Å²) >= 11 is 1.82. The van der Waals surface area contributed by atoms with Crippen LogP contribution in [0.3, 0.4) is 0 Å². The molecule has 6 rings (SSSR count). The van der Waals surface area contributed by atoms with Gasteiger partial charge in [0.2, 0.25) is 5.43 Å². The Bertz CT molecular complexity index is 1740. The van der Waals surface area contributed by atoms with Crippen LogP contribution in [0.15, 0.2) is 88.7 Å². The van der Waals surface area contributed by atoms with E-state index in [9.17, 15) is 22.8 Å². The fourth-order valence-electron chi connectivity index (χ4n) is 5.39. The van der Waals surface area contributed by atoms with E-state index < -0.39 is 12.6 Å². The number of thioether (sulfide) groups is 1. The molecule has 0 fully saturated rings. The number of nitrogens with one attached hydrogen (secondary N) is 1. The van der Waals surface area contributed by atoms with Gasteiger partial charge >= 0.3 is 6.18 Å². The number of pyridine rings is 1. The predicted octanol–water partition coefficient (Wildman–Crippen LogP) is 7.82. The smallest absolute Gasteiger partial charge is 0.388 e. The number of hydrogen-bond donors (Lipinski definition) is 1. The molecule has 11 heteroatoms. The number of aromatic nitrogens is 1. The van der Waals surface area contributed by atoms with Crippen LogP contribution in [-0.4, -0.2) is 37.5 Å². The van der Waals surface area contributed by atoms with E-state index in [4.69, 9.17) is 4.74 Å². The molecule has 0 radical (unpaired) electrons. The second-order valence-corrected chi connectivity index (χ2v) is 12.0. The number of hydrogen-bond acceptors (Lipinski definition) is 6. The molecule has 7 nitrogen and oxygen atoms in total. The van der Waals surface area contributed by atoms with Crippen molar-refractivity contribution in [3.8, 4) is 5.75 Å². The molecule has 1 atom stereocenters. The average molecular weight is 667 g/mol. The van der Waals surface area contributed by atoms with E-state index >= 15 is 0 Å². The van der Waals surface area contributed by atoms with Crippen LogP contribution < -0.4 is 25.4 Å². The molecule has 2 aliphatic heterocycles. The molecule has 0 aliphatic carbocycles. The highest BCUT2D eigenvalue weighted by Gasteiger charge is 2.37. The number of carbonyl (C=O) groups excluding carboxylic acids is 1. The van der Waals surface area contributed by atoms with E-state index in [1.54, 1.807) is 13.1 Å². The van der Waals surface area contributed by atoms with Gasteiger partial charge in [0.05, 0.1) is 0 Å². The quantitative estimate of drug-likeness (QED) is 0.234. The highest BCUT2D eigenvalue weighted by molar-refractivity contribution is 7.98. The molecule has 0 bridgehead atoms. The zero-order valence-corrected chi connectivity index (χ0v) is 28.3. The van der Waals surface area contributed by atoms with Crippen molar-refractivity contribution >= 4 is 23.4 Å². The van der Waals surface area contributed by atoms with Crippen LogP contribution in [0.2, 0.25) is 0 Å². The first-order chi connectivity index (χ1) is 22.5. The molecule has 0 unspecified atom stereocenters. The normalized spacial score (nSPS) is 14.9. The average Bonchev–Trinajstić information content (AvgIpc) is 3.24. The van der Waals surface area contributed by atoms with E-state index in [0.717, 1.165) is 29.5 Å². The summed E-state index contributed by atoms with van der Waals surface area (Å²) in [7, 11) is 4.11. The van der Waals surface area contributed by atoms with Gasteiger partial charge < -0.3 is 15.0 Å². The first-order valence-corrected chi connectivity index (χ1v) is 16.5. The monoisotopic (exact) mass is 666 g/mol. The van der Waals surface area contributed by atoms with Gasteiger partial charge in [-0.2, -0.15) is 13.2 Å². The Morgan fingerprint density at radius 1 is 0.979 bits per heavy atom. The Morgan fingerprint density at radius 3 is 2.30 bits per heavy atom. The van der Waals surface area contributed by atoms with Gasteiger partial charge in [0.15, 0.2) is 11.4 Å². The number of ether oxygens (including phenoxy) is 1. The third-order valence-electron chi connectivity index (χ3n) is 7.67. The number of halogens is 3. The number of alkyl halides is 3. The summed E-state index contributed by atoms with van der Waals surface area (Å²) in [6.45, 7) is 7.32. The molecule has 250 valence electrons. The molecule has 2 aliphatic rings. The number of amides is 1. The van der Waals surface area contributed by atoms with Crippen molar-refractivity contribution in [2.75, 3.05) is 30.7 Å². The molecule has 1 N–H and O–H groups in total. The van der Waals surface area contributed by atoms with Crippen LogP contribution in [0.1, 0.15) is 71.5 Å². The lowest BCUT2D eigenvalue weighted by molar-refractivity contribution is -0.130. The number of nitrogens with zero attached hydrogens (tertiary/aromatic N) is 3. The van der Waals surface area contributed by atoms with Crippen molar-refractivity contribution in [3.05, 3.63) is 123 Å². The first kappa shape index (κ1) is 35.5. The molecular weight excluding hydrogens is 625 g/mol. The fourth-order valence-corrected chi connectivity index (χ4v) is 6.47. The minimum absolute atomic E-state index is 0.0680. The number of carbonyl (C=O) groups is 1. The molecular formula is C36H41F3N4O3S. The Labute approximate surface area is 278 Å². The molecule has 47 heavy (non-hydrogen) atoms.